The van der Waals surface area contributed by atoms with E-state index in [-0.39, 0.29) is 17.4 Å². The molecule has 7 nitrogen and oxygen atoms in total. The van der Waals surface area contributed by atoms with Crippen molar-refractivity contribution >= 4 is 17.9 Å². The normalized spacial score (nSPS) is 15.7. The van der Waals surface area contributed by atoms with Crippen LogP contribution in [-0.2, 0) is 9.53 Å². The van der Waals surface area contributed by atoms with Crippen LogP contribution in [0.5, 0.6) is 5.75 Å². The van der Waals surface area contributed by atoms with Crippen LogP contribution in [0.2, 0.25) is 0 Å². The summed E-state index contributed by atoms with van der Waals surface area (Å²) in [7, 11) is 0. The molecule has 0 aliphatic heterocycles. The Labute approximate surface area is 155 Å². The van der Waals surface area contributed by atoms with Gasteiger partial charge >= 0.3 is 18.6 Å². The Morgan fingerprint density at radius 3 is 2.52 bits per heavy atom. The molecule has 1 aromatic rings. The fourth-order valence-corrected chi connectivity index (χ4v) is 2.76. The third kappa shape index (κ3) is 6.84. The molecule has 3 amide bonds. The molecule has 1 saturated carbocycles. The molecular weight excluding hydrogens is 362 g/mol. The van der Waals surface area contributed by atoms with Crippen molar-refractivity contribution in [2.24, 2.45) is 0 Å². The van der Waals surface area contributed by atoms with Crippen molar-refractivity contribution in [1.82, 2.24) is 10.6 Å². The highest BCUT2D eigenvalue weighted by atomic mass is 19.3. The lowest BCUT2D eigenvalue weighted by atomic mass is 9.96. The first-order valence-corrected chi connectivity index (χ1v) is 8.72. The largest absolute Gasteiger partial charge is 0.449 e. The zero-order valence-electron chi connectivity index (χ0n) is 14.9. The van der Waals surface area contributed by atoms with E-state index >= 15 is 0 Å². The highest BCUT2D eigenvalue weighted by Gasteiger charge is 2.23. The zero-order chi connectivity index (χ0) is 19.8. The van der Waals surface area contributed by atoms with E-state index in [1.165, 1.54) is 25.1 Å². The molecule has 1 fully saturated rings. The predicted molar refractivity (Wildman–Crippen MR) is 91.5 cm³/mol. The van der Waals surface area contributed by atoms with Crippen molar-refractivity contribution in [3.05, 3.63) is 29.8 Å². The maximum atomic E-state index is 12.2. The quantitative estimate of drug-likeness (QED) is 0.736. The second kappa shape index (κ2) is 9.84. The molecule has 0 unspecified atom stereocenters. The maximum absolute atomic E-state index is 12.2. The summed E-state index contributed by atoms with van der Waals surface area (Å²) in [5.74, 6) is -1.88. The van der Waals surface area contributed by atoms with Crippen LogP contribution >= 0.6 is 0 Å². The van der Waals surface area contributed by atoms with E-state index in [0.29, 0.717) is 0 Å². The Balaban J connectivity index is 1.84. The number of alkyl halides is 2. The number of benzene rings is 1. The molecule has 0 saturated heterocycles. The van der Waals surface area contributed by atoms with Gasteiger partial charge in [-0.3, -0.25) is 10.1 Å². The molecule has 0 radical (unpaired) electrons. The van der Waals surface area contributed by atoms with Crippen LogP contribution < -0.4 is 15.4 Å². The van der Waals surface area contributed by atoms with Crippen LogP contribution in [0.4, 0.5) is 13.6 Å². The van der Waals surface area contributed by atoms with Crippen molar-refractivity contribution in [1.29, 1.82) is 0 Å². The van der Waals surface area contributed by atoms with E-state index in [9.17, 15) is 23.2 Å². The van der Waals surface area contributed by atoms with Gasteiger partial charge in [0.15, 0.2) is 6.10 Å². The van der Waals surface area contributed by atoms with Gasteiger partial charge in [0.1, 0.15) is 5.75 Å². The zero-order valence-corrected chi connectivity index (χ0v) is 14.9. The van der Waals surface area contributed by atoms with Gasteiger partial charge < -0.3 is 14.8 Å². The third-order valence-electron chi connectivity index (χ3n) is 4.13. The van der Waals surface area contributed by atoms with Gasteiger partial charge in [-0.25, -0.2) is 9.59 Å². The van der Waals surface area contributed by atoms with Gasteiger partial charge in [0, 0.05) is 6.04 Å². The molecule has 0 spiro atoms. The number of nitrogens with one attached hydrogen (secondary N) is 2. The van der Waals surface area contributed by atoms with Gasteiger partial charge in [0.2, 0.25) is 0 Å². The number of ether oxygens (including phenoxy) is 2. The smallest absolute Gasteiger partial charge is 0.387 e. The summed E-state index contributed by atoms with van der Waals surface area (Å²) in [6.07, 6.45) is 3.68. The minimum atomic E-state index is -3.02. The average Bonchev–Trinajstić information content (AvgIpc) is 2.62. The van der Waals surface area contributed by atoms with Crippen molar-refractivity contribution in [3.63, 3.8) is 0 Å². The molecular formula is C18H22F2N2O5. The van der Waals surface area contributed by atoms with E-state index in [2.05, 4.69) is 15.4 Å². The van der Waals surface area contributed by atoms with Gasteiger partial charge in [0.25, 0.3) is 5.91 Å². The van der Waals surface area contributed by atoms with Gasteiger partial charge in [-0.15, -0.1) is 0 Å². The highest BCUT2D eigenvalue weighted by Crippen LogP contribution is 2.18. The summed E-state index contributed by atoms with van der Waals surface area (Å²) in [6.45, 7) is -1.72. The van der Waals surface area contributed by atoms with Crippen molar-refractivity contribution < 1.29 is 32.6 Å². The van der Waals surface area contributed by atoms with Crippen LogP contribution in [0.25, 0.3) is 0 Å². The maximum Gasteiger partial charge on any atom is 0.387 e. The molecule has 2 rings (SSSR count). The Morgan fingerprint density at radius 1 is 1.15 bits per heavy atom. The van der Waals surface area contributed by atoms with Crippen LogP contribution in [0, 0.1) is 0 Å². The van der Waals surface area contributed by atoms with Gasteiger partial charge in [0.05, 0.1) is 5.56 Å². The Kier molecular flexibility index (Phi) is 7.51. The van der Waals surface area contributed by atoms with E-state index in [0.717, 1.165) is 38.2 Å². The fraction of sp³-hybridized carbons (Fsp3) is 0.500. The molecule has 1 aliphatic carbocycles. The van der Waals surface area contributed by atoms with Crippen LogP contribution in [0.1, 0.15) is 49.4 Å². The standard InChI is InChI=1S/C18H22F2N2O5/c1-11(15(23)22-18(25)21-13-7-3-2-4-8-13)26-16(24)12-6-5-9-14(10-12)27-17(19)20/h5-6,9-11,13,17H,2-4,7-8H2,1H3,(H2,21,22,23,25)/t11-/m0/s1. The second-order valence-corrected chi connectivity index (χ2v) is 6.25. The molecule has 0 bridgehead atoms. The van der Waals surface area contributed by atoms with Crippen LogP contribution in [-0.4, -0.2) is 36.7 Å². The number of imide groups is 1. The van der Waals surface area contributed by atoms with Gasteiger partial charge in [-0.1, -0.05) is 25.3 Å². The second-order valence-electron chi connectivity index (χ2n) is 6.25. The molecule has 27 heavy (non-hydrogen) atoms. The average molecular weight is 384 g/mol. The predicted octanol–water partition coefficient (Wildman–Crippen LogP) is 2.99. The Bertz CT molecular complexity index is 677. The molecule has 9 heteroatoms. The molecule has 1 aromatic carbocycles. The summed E-state index contributed by atoms with van der Waals surface area (Å²) in [5.41, 5.74) is -0.0561. The molecule has 0 aromatic heterocycles. The third-order valence-corrected chi connectivity index (χ3v) is 4.13. The molecule has 1 atom stereocenters. The number of rotatable bonds is 6. The summed E-state index contributed by atoms with van der Waals surface area (Å²) >= 11 is 0. The van der Waals surface area contributed by atoms with E-state index in [1.54, 1.807) is 0 Å². The minimum absolute atomic E-state index is 0.0296. The van der Waals surface area contributed by atoms with Crippen LogP contribution in [0.15, 0.2) is 24.3 Å². The number of esters is 1. The van der Waals surface area contributed by atoms with E-state index in [4.69, 9.17) is 4.74 Å². The summed E-state index contributed by atoms with van der Waals surface area (Å²) in [6, 6.07) is 4.41. The number of urea groups is 1. The minimum Gasteiger partial charge on any atom is -0.449 e. The number of carbonyl (C=O) groups is 3. The first-order chi connectivity index (χ1) is 12.8. The lowest BCUT2D eigenvalue weighted by molar-refractivity contribution is -0.127. The first-order valence-electron chi connectivity index (χ1n) is 8.72. The SMILES string of the molecule is C[C@H](OC(=O)c1cccc(OC(F)F)c1)C(=O)NC(=O)NC1CCCCC1. The topological polar surface area (TPSA) is 93.7 Å². The number of halogens is 2. The molecule has 1 aliphatic rings. The fourth-order valence-electron chi connectivity index (χ4n) is 2.76. The van der Waals surface area contributed by atoms with E-state index < -0.39 is 30.6 Å². The monoisotopic (exact) mass is 384 g/mol. The van der Waals surface area contributed by atoms with Gasteiger partial charge in [-0.2, -0.15) is 8.78 Å². The molecule has 148 valence electrons. The van der Waals surface area contributed by atoms with Crippen molar-refractivity contribution in [3.8, 4) is 5.75 Å². The molecule has 2 N–H and O–H groups in total. The lowest BCUT2D eigenvalue weighted by Gasteiger charge is -2.23. The Hall–Kier alpha value is -2.71. The Morgan fingerprint density at radius 2 is 1.85 bits per heavy atom. The number of carbonyl (C=O) groups excluding carboxylic acids is 3. The number of amides is 3. The lowest BCUT2D eigenvalue weighted by Crippen LogP contribution is -2.48. The summed E-state index contributed by atoms with van der Waals surface area (Å²) < 4.78 is 33.6. The molecule has 0 heterocycles. The van der Waals surface area contributed by atoms with Crippen molar-refractivity contribution in [2.45, 2.75) is 57.8 Å². The van der Waals surface area contributed by atoms with Gasteiger partial charge in [-0.05, 0) is 38.0 Å². The summed E-state index contributed by atoms with van der Waals surface area (Å²) in [4.78, 5) is 35.9. The number of hydrogen-bond donors (Lipinski definition) is 2. The number of hydrogen-bond acceptors (Lipinski definition) is 5. The summed E-state index contributed by atoms with van der Waals surface area (Å²) in [5, 5.41) is 4.85. The van der Waals surface area contributed by atoms with Crippen LogP contribution in [0.3, 0.4) is 0 Å². The first kappa shape index (κ1) is 20.6. The van der Waals surface area contributed by atoms with E-state index in [1.807, 2.05) is 0 Å². The van der Waals surface area contributed by atoms with Crippen molar-refractivity contribution in [2.75, 3.05) is 0 Å². The highest BCUT2D eigenvalue weighted by molar-refractivity contribution is 5.98.